The molecule has 0 aromatic heterocycles. The number of hydrogen-bond acceptors (Lipinski definition) is 4. The van der Waals surface area contributed by atoms with Gasteiger partial charge in [-0.2, -0.15) is 0 Å². The highest BCUT2D eigenvalue weighted by Crippen LogP contribution is 2.30. The molecule has 7 heteroatoms. The third-order valence-electron chi connectivity index (χ3n) is 4.25. The molecule has 3 amide bonds. The van der Waals surface area contributed by atoms with E-state index in [0.29, 0.717) is 23.7 Å². The summed E-state index contributed by atoms with van der Waals surface area (Å²) in [6, 6.07) is 14.9. The maximum absolute atomic E-state index is 12.1. The van der Waals surface area contributed by atoms with Crippen LogP contribution < -0.4 is 25.6 Å². The molecule has 26 heavy (non-hydrogen) atoms. The molecule has 1 atom stereocenters. The van der Waals surface area contributed by atoms with Crippen LogP contribution in [0.15, 0.2) is 48.5 Å². The van der Waals surface area contributed by atoms with Crippen LogP contribution in [0, 0.1) is 0 Å². The Hall–Kier alpha value is -3.22. The van der Waals surface area contributed by atoms with E-state index in [9.17, 15) is 9.59 Å². The molecule has 0 radical (unpaired) electrons. The van der Waals surface area contributed by atoms with Gasteiger partial charge in [0.05, 0.1) is 5.69 Å². The van der Waals surface area contributed by atoms with Crippen molar-refractivity contribution in [2.75, 3.05) is 35.7 Å². The molecule has 0 bridgehead atoms. The van der Waals surface area contributed by atoms with E-state index in [0.717, 1.165) is 5.69 Å². The van der Waals surface area contributed by atoms with E-state index in [1.54, 1.807) is 18.2 Å². The lowest BCUT2D eigenvalue weighted by atomic mass is 10.2. The highest BCUT2D eigenvalue weighted by molar-refractivity contribution is 5.96. The Balaban J connectivity index is 1.52. The van der Waals surface area contributed by atoms with Crippen molar-refractivity contribution >= 4 is 29.0 Å². The first-order chi connectivity index (χ1) is 12.5. The third-order valence-corrected chi connectivity index (χ3v) is 4.25. The summed E-state index contributed by atoms with van der Waals surface area (Å²) >= 11 is 0. The molecule has 1 aliphatic heterocycles. The van der Waals surface area contributed by atoms with Crippen molar-refractivity contribution in [2.24, 2.45) is 0 Å². The molecule has 2 aromatic carbocycles. The largest absolute Gasteiger partial charge is 0.482 e. The Morgan fingerprint density at radius 1 is 1.27 bits per heavy atom. The minimum atomic E-state index is -0.293. The van der Waals surface area contributed by atoms with E-state index in [1.165, 1.54) is 0 Å². The van der Waals surface area contributed by atoms with Gasteiger partial charge in [-0.1, -0.05) is 18.2 Å². The zero-order valence-corrected chi connectivity index (χ0v) is 14.8. The molecular weight excluding hydrogens is 332 g/mol. The Bertz CT molecular complexity index is 795. The first-order valence-corrected chi connectivity index (χ1v) is 8.42. The fraction of sp³-hybridized carbons (Fsp3) is 0.263. The number of anilines is 3. The zero-order chi connectivity index (χ0) is 18.5. The number of carbonyl (C=O) groups excluding carboxylic acids is 2. The van der Waals surface area contributed by atoms with E-state index >= 15 is 0 Å². The van der Waals surface area contributed by atoms with E-state index in [1.807, 2.05) is 44.3 Å². The van der Waals surface area contributed by atoms with Crippen LogP contribution in [0.2, 0.25) is 0 Å². The Morgan fingerprint density at radius 3 is 2.81 bits per heavy atom. The van der Waals surface area contributed by atoms with Gasteiger partial charge >= 0.3 is 6.03 Å². The first kappa shape index (κ1) is 17.6. The predicted molar refractivity (Wildman–Crippen MR) is 102 cm³/mol. The van der Waals surface area contributed by atoms with E-state index in [4.69, 9.17) is 4.74 Å². The summed E-state index contributed by atoms with van der Waals surface area (Å²) in [6.07, 6.45) is 0. The molecule has 0 saturated heterocycles. The van der Waals surface area contributed by atoms with Crippen molar-refractivity contribution in [3.8, 4) is 5.75 Å². The molecule has 0 aliphatic carbocycles. The van der Waals surface area contributed by atoms with Crippen molar-refractivity contribution in [3.05, 3.63) is 48.5 Å². The molecule has 0 saturated carbocycles. The summed E-state index contributed by atoms with van der Waals surface area (Å²) in [7, 11) is 1.99. The number of carbonyl (C=O) groups is 2. The lowest BCUT2D eigenvalue weighted by Crippen LogP contribution is -2.41. The first-order valence-electron chi connectivity index (χ1n) is 8.42. The van der Waals surface area contributed by atoms with Gasteiger partial charge in [0.1, 0.15) is 5.75 Å². The molecule has 0 fully saturated rings. The van der Waals surface area contributed by atoms with Crippen molar-refractivity contribution in [2.45, 2.75) is 13.0 Å². The van der Waals surface area contributed by atoms with Crippen molar-refractivity contribution in [1.29, 1.82) is 0 Å². The van der Waals surface area contributed by atoms with Crippen LogP contribution in [0.5, 0.6) is 5.75 Å². The summed E-state index contributed by atoms with van der Waals surface area (Å²) in [5.41, 5.74) is 2.29. The number of hydrogen-bond donors (Lipinski definition) is 3. The smallest absolute Gasteiger partial charge is 0.319 e. The van der Waals surface area contributed by atoms with E-state index < -0.39 is 0 Å². The summed E-state index contributed by atoms with van der Waals surface area (Å²) in [4.78, 5) is 25.5. The maximum atomic E-state index is 12.1. The Labute approximate surface area is 152 Å². The van der Waals surface area contributed by atoms with Crippen molar-refractivity contribution in [1.82, 2.24) is 5.32 Å². The van der Waals surface area contributed by atoms with E-state index in [2.05, 4.69) is 20.9 Å². The number of benzene rings is 2. The standard InChI is InChI=1S/C19H22N4O3/c1-13(23(2)15-6-4-3-5-7-15)11-20-19(25)21-14-8-9-16-17(10-14)26-12-18(24)22-16/h3-10,13H,11-12H2,1-2H3,(H,22,24)(H2,20,21,25). The number of amides is 3. The van der Waals surface area contributed by atoms with Crippen molar-refractivity contribution < 1.29 is 14.3 Å². The lowest BCUT2D eigenvalue weighted by molar-refractivity contribution is -0.118. The average molecular weight is 354 g/mol. The fourth-order valence-electron chi connectivity index (χ4n) is 2.62. The minimum absolute atomic E-state index is 0.0218. The van der Waals surface area contributed by atoms with Crippen LogP contribution in [-0.2, 0) is 4.79 Å². The minimum Gasteiger partial charge on any atom is -0.482 e. The second-order valence-electron chi connectivity index (χ2n) is 6.18. The molecule has 1 aliphatic rings. The third kappa shape index (κ3) is 4.24. The van der Waals surface area contributed by atoms with Gasteiger partial charge in [0.15, 0.2) is 6.61 Å². The predicted octanol–water partition coefficient (Wildman–Crippen LogP) is 2.66. The monoisotopic (exact) mass is 354 g/mol. The van der Waals surface area contributed by atoms with Crippen LogP contribution in [0.4, 0.5) is 21.9 Å². The van der Waals surface area contributed by atoms with Gasteiger partial charge in [0.25, 0.3) is 5.91 Å². The van der Waals surface area contributed by atoms with Gasteiger partial charge in [-0.05, 0) is 31.2 Å². The Morgan fingerprint density at radius 2 is 2.04 bits per heavy atom. The highest BCUT2D eigenvalue weighted by atomic mass is 16.5. The number of para-hydroxylation sites is 1. The average Bonchev–Trinajstić information content (AvgIpc) is 2.66. The topological polar surface area (TPSA) is 82.7 Å². The normalized spacial score (nSPS) is 13.7. The molecule has 7 nitrogen and oxygen atoms in total. The van der Waals surface area contributed by atoms with Gasteiger partial charge in [-0.25, -0.2) is 4.79 Å². The van der Waals surface area contributed by atoms with Gasteiger partial charge in [-0.3, -0.25) is 4.79 Å². The number of rotatable bonds is 5. The fourth-order valence-corrected chi connectivity index (χ4v) is 2.62. The van der Waals surface area contributed by atoms with Crippen molar-refractivity contribution in [3.63, 3.8) is 0 Å². The molecule has 2 aromatic rings. The van der Waals surface area contributed by atoms with Crippen LogP contribution in [0.1, 0.15) is 6.92 Å². The lowest BCUT2D eigenvalue weighted by Gasteiger charge is -2.27. The van der Waals surface area contributed by atoms with Gasteiger partial charge in [0, 0.05) is 37.1 Å². The molecule has 1 heterocycles. The van der Waals surface area contributed by atoms with Crippen LogP contribution >= 0.6 is 0 Å². The second-order valence-corrected chi connectivity index (χ2v) is 6.18. The summed E-state index contributed by atoms with van der Waals surface area (Å²) in [6.45, 7) is 2.52. The molecule has 1 unspecified atom stereocenters. The highest BCUT2D eigenvalue weighted by Gasteiger charge is 2.17. The molecule has 136 valence electrons. The Kier molecular flexibility index (Phi) is 5.26. The van der Waals surface area contributed by atoms with Crippen LogP contribution in [-0.4, -0.2) is 38.2 Å². The number of urea groups is 1. The summed E-state index contributed by atoms with van der Waals surface area (Å²) in [5.74, 6) is 0.354. The number of fused-ring (bicyclic) bond motifs is 1. The maximum Gasteiger partial charge on any atom is 0.319 e. The molecule has 3 rings (SSSR count). The zero-order valence-electron chi connectivity index (χ0n) is 14.8. The molecule has 3 N–H and O–H groups in total. The number of ether oxygens (including phenoxy) is 1. The van der Waals surface area contributed by atoms with Crippen LogP contribution in [0.3, 0.4) is 0 Å². The van der Waals surface area contributed by atoms with Gasteiger partial charge in [0.2, 0.25) is 0 Å². The number of nitrogens with zero attached hydrogens (tertiary/aromatic N) is 1. The molecular formula is C19H22N4O3. The van der Waals surface area contributed by atoms with Gasteiger partial charge in [-0.15, -0.1) is 0 Å². The summed E-state index contributed by atoms with van der Waals surface area (Å²) in [5, 5.41) is 8.35. The quantitative estimate of drug-likeness (QED) is 0.771. The number of likely N-dealkylation sites (N-methyl/N-ethyl adjacent to an activating group) is 1. The van der Waals surface area contributed by atoms with Gasteiger partial charge < -0.3 is 25.6 Å². The number of nitrogens with one attached hydrogen (secondary N) is 3. The van der Waals surface area contributed by atoms with E-state index in [-0.39, 0.29) is 24.6 Å². The van der Waals surface area contributed by atoms with Crippen LogP contribution in [0.25, 0.3) is 0 Å². The SMILES string of the molecule is CC(CNC(=O)Nc1ccc2c(c1)OCC(=O)N2)N(C)c1ccccc1. The second kappa shape index (κ2) is 7.77. The summed E-state index contributed by atoms with van der Waals surface area (Å²) < 4.78 is 5.35. The molecule has 0 spiro atoms.